The first-order valence-electron chi connectivity index (χ1n) is 5.61. The van der Waals surface area contributed by atoms with Crippen molar-refractivity contribution < 1.29 is 18.6 Å². The fraction of sp³-hybridized carbons (Fsp3) is 0. The fourth-order valence-electron chi connectivity index (χ4n) is 1.47. The van der Waals surface area contributed by atoms with Crippen LogP contribution >= 0.6 is 0 Å². The van der Waals surface area contributed by atoms with Crippen molar-refractivity contribution in [2.45, 2.75) is 4.90 Å². The number of aromatic hydroxyl groups is 2. The standard InChI is InChI=1S/C13H12N2O4S/c16-12-8-4-5-10(13(12)17)9-14-15-20(18,19)11-6-2-1-3-7-11/h1-9,15-17H/b14-9+. The average Bonchev–Trinajstić information content (AvgIpc) is 2.44. The van der Waals surface area contributed by atoms with Gasteiger partial charge in [-0.25, -0.2) is 4.83 Å². The summed E-state index contributed by atoms with van der Waals surface area (Å²) in [5.41, 5.74) is 0.195. The topological polar surface area (TPSA) is 99.0 Å². The highest BCUT2D eigenvalue weighted by Crippen LogP contribution is 2.26. The van der Waals surface area contributed by atoms with E-state index in [9.17, 15) is 18.6 Å². The lowest BCUT2D eigenvalue weighted by atomic mass is 10.2. The van der Waals surface area contributed by atoms with Crippen LogP contribution in [0, 0.1) is 0 Å². The summed E-state index contributed by atoms with van der Waals surface area (Å²) >= 11 is 0. The highest BCUT2D eigenvalue weighted by molar-refractivity contribution is 7.89. The van der Waals surface area contributed by atoms with Gasteiger partial charge in [0.05, 0.1) is 11.1 Å². The van der Waals surface area contributed by atoms with Crippen LogP contribution < -0.4 is 4.83 Å². The largest absolute Gasteiger partial charge is 0.504 e. The zero-order chi connectivity index (χ0) is 14.6. The zero-order valence-corrected chi connectivity index (χ0v) is 11.1. The van der Waals surface area contributed by atoms with E-state index in [1.807, 2.05) is 4.83 Å². The number of nitrogens with one attached hydrogen (secondary N) is 1. The van der Waals surface area contributed by atoms with Gasteiger partial charge in [-0.05, 0) is 24.3 Å². The monoisotopic (exact) mass is 292 g/mol. The predicted octanol–water partition coefficient (Wildman–Crippen LogP) is 1.41. The number of hydrogen-bond donors (Lipinski definition) is 3. The summed E-state index contributed by atoms with van der Waals surface area (Å²) < 4.78 is 23.7. The van der Waals surface area contributed by atoms with Gasteiger partial charge in [0.25, 0.3) is 10.0 Å². The minimum absolute atomic E-state index is 0.0808. The molecule has 6 nitrogen and oxygen atoms in total. The Labute approximate surface area is 116 Å². The Bertz CT molecular complexity index is 727. The average molecular weight is 292 g/mol. The Kier molecular flexibility index (Phi) is 3.90. The van der Waals surface area contributed by atoms with Gasteiger partial charge in [0, 0.05) is 5.56 Å². The van der Waals surface area contributed by atoms with E-state index < -0.39 is 10.0 Å². The number of nitrogens with zero attached hydrogens (tertiary/aromatic N) is 1. The summed E-state index contributed by atoms with van der Waals surface area (Å²) in [5.74, 6) is -0.671. The maximum atomic E-state index is 11.8. The van der Waals surface area contributed by atoms with Gasteiger partial charge in [0.2, 0.25) is 0 Å². The van der Waals surface area contributed by atoms with Crippen LogP contribution in [-0.2, 0) is 10.0 Å². The minimum atomic E-state index is -3.75. The first kappa shape index (κ1) is 13.9. The number of benzene rings is 2. The minimum Gasteiger partial charge on any atom is -0.504 e. The van der Waals surface area contributed by atoms with Gasteiger partial charge in [-0.1, -0.05) is 24.3 Å². The lowest BCUT2D eigenvalue weighted by Crippen LogP contribution is -2.18. The molecule has 2 aromatic rings. The Morgan fingerprint density at radius 3 is 2.40 bits per heavy atom. The lowest BCUT2D eigenvalue weighted by molar-refractivity contribution is 0.403. The molecular weight excluding hydrogens is 280 g/mol. The van der Waals surface area contributed by atoms with Crippen LogP contribution in [0.3, 0.4) is 0 Å². The number of para-hydroxylation sites is 1. The van der Waals surface area contributed by atoms with E-state index in [-0.39, 0.29) is 22.0 Å². The summed E-state index contributed by atoms with van der Waals surface area (Å²) in [6.45, 7) is 0. The Hall–Kier alpha value is -2.54. The van der Waals surface area contributed by atoms with Crippen LogP contribution in [-0.4, -0.2) is 24.8 Å². The Balaban J connectivity index is 2.16. The summed E-state index contributed by atoms with van der Waals surface area (Å²) in [7, 11) is -3.75. The molecule has 0 aromatic heterocycles. The Morgan fingerprint density at radius 2 is 1.70 bits per heavy atom. The second-order valence-electron chi connectivity index (χ2n) is 3.88. The molecule has 0 unspecified atom stereocenters. The molecule has 0 saturated carbocycles. The van der Waals surface area contributed by atoms with Gasteiger partial charge in [0.15, 0.2) is 11.5 Å². The lowest BCUT2D eigenvalue weighted by Gasteiger charge is -2.03. The molecule has 7 heteroatoms. The first-order valence-corrected chi connectivity index (χ1v) is 7.10. The molecule has 0 bridgehead atoms. The summed E-state index contributed by atoms with van der Waals surface area (Å²) in [6, 6.07) is 12.1. The third-order valence-electron chi connectivity index (χ3n) is 2.48. The molecule has 0 spiro atoms. The molecule has 0 amide bonds. The third-order valence-corrected chi connectivity index (χ3v) is 3.71. The van der Waals surface area contributed by atoms with E-state index >= 15 is 0 Å². The van der Waals surface area contributed by atoms with E-state index in [0.29, 0.717) is 0 Å². The maximum Gasteiger partial charge on any atom is 0.276 e. The van der Waals surface area contributed by atoms with Gasteiger partial charge in [-0.2, -0.15) is 13.5 Å². The highest BCUT2D eigenvalue weighted by Gasteiger charge is 2.11. The van der Waals surface area contributed by atoms with Gasteiger partial charge in [0.1, 0.15) is 0 Å². The molecule has 0 saturated heterocycles. The molecule has 0 fully saturated rings. The van der Waals surface area contributed by atoms with Crippen molar-refractivity contribution in [3.8, 4) is 11.5 Å². The predicted molar refractivity (Wildman–Crippen MR) is 74.1 cm³/mol. The first-order chi connectivity index (χ1) is 9.50. The summed E-state index contributed by atoms with van der Waals surface area (Å²) in [4.78, 5) is 2.10. The van der Waals surface area contributed by atoms with Crippen molar-refractivity contribution in [3.05, 3.63) is 54.1 Å². The molecule has 0 aliphatic carbocycles. The van der Waals surface area contributed by atoms with Crippen molar-refractivity contribution in [1.82, 2.24) is 4.83 Å². The zero-order valence-electron chi connectivity index (χ0n) is 10.3. The number of phenolic OH excluding ortho intramolecular Hbond substituents is 2. The van der Waals surface area contributed by atoms with Crippen molar-refractivity contribution in [2.75, 3.05) is 0 Å². The number of phenols is 2. The van der Waals surface area contributed by atoms with E-state index in [4.69, 9.17) is 0 Å². The van der Waals surface area contributed by atoms with Crippen molar-refractivity contribution in [1.29, 1.82) is 0 Å². The second kappa shape index (κ2) is 5.62. The van der Waals surface area contributed by atoms with Crippen LogP contribution in [0.15, 0.2) is 58.5 Å². The molecule has 2 rings (SSSR count). The number of rotatable bonds is 4. The summed E-state index contributed by atoms with van der Waals surface area (Å²) in [5, 5.41) is 22.4. The third kappa shape index (κ3) is 3.07. The number of hydrogen-bond acceptors (Lipinski definition) is 5. The molecule has 104 valence electrons. The fourth-order valence-corrected chi connectivity index (χ4v) is 2.28. The normalized spacial score (nSPS) is 11.6. The quantitative estimate of drug-likeness (QED) is 0.451. The van der Waals surface area contributed by atoms with Gasteiger partial charge in [-0.15, -0.1) is 0 Å². The molecule has 3 N–H and O–H groups in total. The molecule has 20 heavy (non-hydrogen) atoms. The van der Waals surface area contributed by atoms with E-state index in [1.54, 1.807) is 18.2 Å². The Morgan fingerprint density at radius 1 is 1.00 bits per heavy atom. The van der Waals surface area contributed by atoms with E-state index in [1.165, 1.54) is 30.3 Å². The maximum absolute atomic E-state index is 11.8. The number of hydrazone groups is 1. The smallest absolute Gasteiger partial charge is 0.276 e. The summed E-state index contributed by atoms with van der Waals surface area (Å²) in [6.07, 6.45) is 1.11. The van der Waals surface area contributed by atoms with Gasteiger partial charge >= 0.3 is 0 Å². The van der Waals surface area contributed by atoms with Crippen LogP contribution in [0.5, 0.6) is 11.5 Å². The number of sulfonamides is 1. The molecule has 2 aromatic carbocycles. The van der Waals surface area contributed by atoms with Gasteiger partial charge < -0.3 is 10.2 Å². The molecule has 0 radical (unpaired) electrons. The van der Waals surface area contributed by atoms with Crippen LogP contribution in [0.2, 0.25) is 0 Å². The molecule has 0 atom stereocenters. The molecule has 0 aliphatic rings. The van der Waals surface area contributed by atoms with Crippen molar-refractivity contribution in [3.63, 3.8) is 0 Å². The molecular formula is C13H12N2O4S. The van der Waals surface area contributed by atoms with Crippen molar-refractivity contribution in [2.24, 2.45) is 5.10 Å². The van der Waals surface area contributed by atoms with Gasteiger partial charge in [-0.3, -0.25) is 0 Å². The van der Waals surface area contributed by atoms with E-state index in [2.05, 4.69) is 5.10 Å². The highest BCUT2D eigenvalue weighted by atomic mass is 32.2. The van der Waals surface area contributed by atoms with E-state index in [0.717, 1.165) is 6.21 Å². The molecule has 0 aliphatic heterocycles. The SMILES string of the molecule is O=S(=O)(N/N=C/c1cccc(O)c1O)c1ccccc1. The second-order valence-corrected chi connectivity index (χ2v) is 5.54. The van der Waals surface area contributed by atoms with Crippen LogP contribution in [0.1, 0.15) is 5.56 Å². The molecule has 0 heterocycles. The van der Waals surface area contributed by atoms with Crippen molar-refractivity contribution >= 4 is 16.2 Å². The van der Waals surface area contributed by atoms with Crippen LogP contribution in [0.25, 0.3) is 0 Å². The van der Waals surface area contributed by atoms with Crippen LogP contribution in [0.4, 0.5) is 0 Å².